The Bertz CT molecular complexity index is 953. The average Bonchev–Trinajstić information content (AvgIpc) is 3.22. The van der Waals surface area contributed by atoms with Gasteiger partial charge in [-0.05, 0) is 60.0 Å². The second kappa shape index (κ2) is 7.96. The normalized spacial score (nSPS) is 13.7. The molecule has 1 aliphatic rings. The van der Waals surface area contributed by atoms with E-state index in [0.29, 0.717) is 11.4 Å². The summed E-state index contributed by atoms with van der Waals surface area (Å²) < 4.78 is 6.67. The molecule has 2 heterocycles. The van der Waals surface area contributed by atoms with E-state index in [4.69, 9.17) is 4.74 Å². The predicted octanol–water partition coefficient (Wildman–Crippen LogP) is 4.62. The Morgan fingerprint density at radius 3 is 2.63 bits per heavy atom. The summed E-state index contributed by atoms with van der Waals surface area (Å²) in [5, 5.41) is 5.01. The Morgan fingerprint density at radius 2 is 1.85 bits per heavy atom. The summed E-state index contributed by atoms with van der Waals surface area (Å²) in [7, 11) is 0. The van der Waals surface area contributed by atoms with E-state index in [9.17, 15) is 4.79 Å². The van der Waals surface area contributed by atoms with Gasteiger partial charge in [-0.15, -0.1) is 0 Å². The van der Waals surface area contributed by atoms with Gasteiger partial charge in [0.15, 0.2) is 6.61 Å². The third-order valence-corrected chi connectivity index (χ3v) is 5.10. The molecule has 1 N–H and O–H groups in total. The number of nitrogens with zero attached hydrogens (tertiary/aromatic N) is 2. The zero-order chi connectivity index (χ0) is 18.6. The van der Waals surface area contributed by atoms with E-state index in [1.165, 1.54) is 12.8 Å². The van der Waals surface area contributed by atoms with Crippen LogP contribution < -0.4 is 15.0 Å². The Kier molecular flexibility index (Phi) is 5.25. The largest absolute Gasteiger partial charge is 0.484 e. The molecule has 0 saturated carbocycles. The van der Waals surface area contributed by atoms with Gasteiger partial charge in [-0.1, -0.05) is 28.1 Å². The van der Waals surface area contributed by atoms with Gasteiger partial charge in [0.1, 0.15) is 11.6 Å². The van der Waals surface area contributed by atoms with Crippen LogP contribution in [0.2, 0.25) is 0 Å². The van der Waals surface area contributed by atoms with E-state index in [1.54, 1.807) is 6.20 Å². The number of aromatic nitrogens is 1. The molecule has 2 aromatic carbocycles. The Hall–Kier alpha value is -2.60. The molecule has 0 spiro atoms. The molecule has 0 atom stereocenters. The van der Waals surface area contributed by atoms with Crippen molar-refractivity contribution in [2.75, 3.05) is 29.9 Å². The van der Waals surface area contributed by atoms with Crippen LogP contribution in [-0.4, -0.2) is 30.6 Å². The number of hydrogen-bond donors (Lipinski definition) is 1. The maximum absolute atomic E-state index is 12.2. The molecule has 0 unspecified atom stereocenters. The molecule has 6 heteroatoms. The van der Waals surface area contributed by atoms with Crippen LogP contribution >= 0.6 is 15.9 Å². The van der Waals surface area contributed by atoms with Crippen LogP contribution in [0.15, 0.2) is 59.2 Å². The van der Waals surface area contributed by atoms with Gasteiger partial charge in [0.25, 0.3) is 5.91 Å². The molecule has 0 radical (unpaired) electrons. The Balaban J connectivity index is 1.33. The molecule has 1 aromatic heterocycles. The van der Waals surface area contributed by atoms with Crippen LogP contribution in [0.1, 0.15) is 12.8 Å². The average molecular weight is 426 g/mol. The monoisotopic (exact) mass is 425 g/mol. The highest BCUT2D eigenvalue weighted by atomic mass is 79.9. The molecule has 27 heavy (non-hydrogen) atoms. The van der Waals surface area contributed by atoms with Crippen molar-refractivity contribution in [2.24, 2.45) is 0 Å². The maximum atomic E-state index is 12.2. The summed E-state index contributed by atoms with van der Waals surface area (Å²) in [5.41, 5.74) is 0.676. The van der Waals surface area contributed by atoms with Gasteiger partial charge in [-0.2, -0.15) is 0 Å². The lowest BCUT2D eigenvalue weighted by Crippen LogP contribution is -2.21. The van der Waals surface area contributed by atoms with Crippen LogP contribution in [0.25, 0.3) is 10.8 Å². The topological polar surface area (TPSA) is 54.5 Å². The molecule has 5 nitrogen and oxygen atoms in total. The van der Waals surface area contributed by atoms with E-state index in [1.807, 2.05) is 48.5 Å². The highest BCUT2D eigenvalue weighted by molar-refractivity contribution is 9.10. The van der Waals surface area contributed by atoms with Gasteiger partial charge in [0, 0.05) is 17.6 Å². The molecular weight excluding hydrogens is 406 g/mol. The predicted molar refractivity (Wildman–Crippen MR) is 111 cm³/mol. The van der Waals surface area contributed by atoms with Crippen LogP contribution in [0.5, 0.6) is 5.75 Å². The highest BCUT2D eigenvalue weighted by Crippen LogP contribution is 2.24. The maximum Gasteiger partial charge on any atom is 0.262 e. The SMILES string of the molecule is O=C(COc1ccc2cc(Br)ccc2c1)Nc1ccc(N2CCCC2)nc1. The molecule has 0 aliphatic carbocycles. The number of amides is 1. The summed E-state index contributed by atoms with van der Waals surface area (Å²) in [6.45, 7) is 2.06. The van der Waals surface area contributed by atoms with Crippen LogP contribution in [0.3, 0.4) is 0 Å². The molecule has 4 rings (SSSR count). The second-order valence-electron chi connectivity index (χ2n) is 6.59. The first kappa shape index (κ1) is 17.8. The number of pyridine rings is 1. The summed E-state index contributed by atoms with van der Waals surface area (Å²) in [4.78, 5) is 18.9. The van der Waals surface area contributed by atoms with Gasteiger partial charge in [0.05, 0.1) is 11.9 Å². The van der Waals surface area contributed by atoms with Gasteiger partial charge in [-0.3, -0.25) is 4.79 Å². The van der Waals surface area contributed by atoms with Crippen molar-refractivity contribution in [2.45, 2.75) is 12.8 Å². The molecule has 1 saturated heterocycles. The number of halogens is 1. The van der Waals surface area contributed by atoms with Crippen LogP contribution in [-0.2, 0) is 4.79 Å². The smallest absolute Gasteiger partial charge is 0.262 e. The van der Waals surface area contributed by atoms with Gasteiger partial charge in [0.2, 0.25) is 0 Å². The minimum Gasteiger partial charge on any atom is -0.484 e. The molecule has 0 bridgehead atoms. The first-order valence-electron chi connectivity index (χ1n) is 9.00. The minimum absolute atomic E-state index is 0.0457. The summed E-state index contributed by atoms with van der Waals surface area (Å²) in [5.74, 6) is 1.42. The minimum atomic E-state index is -0.207. The van der Waals surface area contributed by atoms with E-state index in [0.717, 1.165) is 34.2 Å². The van der Waals surface area contributed by atoms with Crippen molar-refractivity contribution in [1.29, 1.82) is 0 Å². The first-order valence-corrected chi connectivity index (χ1v) is 9.80. The molecule has 1 amide bonds. The highest BCUT2D eigenvalue weighted by Gasteiger charge is 2.13. The van der Waals surface area contributed by atoms with E-state index < -0.39 is 0 Å². The molecule has 138 valence electrons. The second-order valence-corrected chi connectivity index (χ2v) is 7.51. The number of benzene rings is 2. The Morgan fingerprint density at radius 1 is 1.07 bits per heavy atom. The number of carbonyl (C=O) groups is 1. The third-order valence-electron chi connectivity index (χ3n) is 4.61. The number of carbonyl (C=O) groups excluding carboxylic acids is 1. The van der Waals surface area contributed by atoms with Crippen LogP contribution in [0, 0.1) is 0 Å². The van der Waals surface area contributed by atoms with E-state index >= 15 is 0 Å². The fourth-order valence-electron chi connectivity index (χ4n) is 3.22. The fourth-order valence-corrected chi connectivity index (χ4v) is 3.60. The van der Waals surface area contributed by atoms with Gasteiger partial charge < -0.3 is 15.0 Å². The van der Waals surface area contributed by atoms with Crippen molar-refractivity contribution < 1.29 is 9.53 Å². The number of ether oxygens (including phenoxy) is 1. The third kappa shape index (κ3) is 4.39. The van der Waals surface area contributed by atoms with Crippen molar-refractivity contribution in [3.63, 3.8) is 0 Å². The lowest BCUT2D eigenvalue weighted by atomic mass is 10.1. The standard InChI is InChI=1S/C21H20BrN3O2/c22-17-5-3-16-12-19(7-4-15(16)11-17)27-14-21(26)24-18-6-8-20(23-13-18)25-9-1-2-10-25/h3-8,11-13H,1-2,9-10,14H2,(H,24,26). The zero-order valence-corrected chi connectivity index (χ0v) is 16.4. The first-order chi connectivity index (χ1) is 13.2. The lowest BCUT2D eigenvalue weighted by molar-refractivity contribution is -0.118. The van der Waals surface area contributed by atoms with Crippen molar-refractivity contribution in [3.05, 3.63) is 59.2 Å². The Labute approximate surface area is 166 Å². The zero-order valence-electron chi connectivity index (χ0n) is 14.8. The number of fused-ring (bicyclic) bond motifs is 1. The number of rotatable bonds is 5. The van der Waals surface area contributed by atoms with Gasteiger partial charge in [-0.25, -0.2) is 4.98 Å². The fraction of sp³-hybridized carbons (Fsp3) is 0.238. The number of nitrogens with one attached hydrogen (secondary N) is 1. The molecule has 1 aliphatic heterocycles. The summed E-state index contributed by atoms with van der Waals surface area (Å²) in [6.07, 6.45) is 4.12. The molecular formula is C21H20BrN3O2. The van der Waals surface area contributed by atoms with Crippen LogP contribution in [0.4, 0.5) is 11.5 Å². The summed E-state index contributed by atoms with van der Waals surface area (Å²) in [6, 6.07) is 15.7. The molecule has 1 fully saturated rings. The quantitative estimate of drug-likeness (QED) is 0.647. The van der Waals surface area contributed by atoms with Gasteiger partial charge >= 0.3 is 0 Å². The lowest BCUT2D eigenvalue weighted by Gasteiger charge is -2.16. The molecule has 3 aromatic rings. The number of anilines is 2. The van der Waals surface area contributed by atoms with Crippen molar-refractivity contribution >= 4 is 44.1 Å². The number of hydrogen-bond acceptors (Lipinski definition) is 4. The summed E-state index contributed by atoms with van der Waals surface area (Å²) >= 11 is 3.46. The van der Waals surface area contributed by atoms with Crippen molar-refractivity contribution in [1.82, 2.24) is 4.98 Å². The van der Waals surface area contributed by atoms with Crippen molar-refractivity contribution in [3.8, 4) is 5.75 Å². The van der Waals surface area contributed by atoms with E-state index in [-0.39, 0.29) is 12.5 Å². The van der Waals surface area contributed by atoms with E-state index in [2.05, 4.69) is 31.1 Å².